The zero-order valence-corrected chi connectivity index (χ0v) is 57.5. The topological polar surface area (TPSA) is 189 Å². The van der Waals surface area contributed by atoms with E-state index in [9.17, 15) is 28.8 Å². The van der Waals surface area contributed by atoms with Crippen molar-refractivity contribution in [1.82, 2.24) is 4.90 Å². The normalized spacial score (nSPS) is 13.0. The van der Waals surface area contributed by atoms with Crippen LogP contribution >= 0.6 is 0 Å². The molecule has 0 saturated carbocycles. The quantitative estimate of drug-likeness (QED) is 0.0184. The molecule has 16 nitrogen and oxygen atoms in total. The summed E-state index contributed by atoms with van der Waals surface area (Å²) in [5.41, 5.74) is -1.47. The molecule has 0 spiro atoms. The van der Waals surface area contributed by atoms with Gasteiger partial charge in [-0.25, -0.2) is 4.79 Å². The summed E-state index contributed by atoms with van der Waals surface area (Å²) in [5.74, 6) is -1.80. The highest BCUT2D eigenvalue weighted by Gasteiger charge is 2.38. The van der Waals surface area contributed by atoms with Gasteiger partial charge in [0, 0.05) is 39.0 Å². The number of allylic oxidation sites excluding steroid dienone is 4. The molecule has 2 unspecified atom stereocenters. The van der Waals surface area contributed by atoms with Gasteiger partial charge in [-0.2, -0.15) is 0 Å². The maximum atomic E-state index is 13.7. The average molecular weight is 1250 g/mol. The third-order valence-electron chi connectivity index (χ3n) is 15.9. The molecule has 0 aliphatic rings. The third-order valence-corrected chi connectivity index (χ3v) is 15.9. The van der Waals surface area contributed by atoms with Crippen molar-refractivity contribution in [3.63, 3.8) is 0 Å². The molecule has 0 aliphatic heterocycles. The van der Waals surface area contributed by atoms with E-state index in [0.29, 0.717) is 52.2 Å². The number of esters is 5. The maximum absolute atomic E-state index is 13.7. The van der Waals surface area contributed by atoms with Crippen LogP contribution in [-0.4, -0.2) is 127 Å². The van der Waals surface area contributed by atoms with E-state index < -0.39 is 49.0 Å². The summed E-state index contributed by atoms with van der Waals surface area (Å²) in [5, 5.41) is 0. The lowest BCUT2D eigenvalue weighted by atomic mass is 9.92. The van der Waals surface area contributed by atoms with Crippen molar-refractivity contribution >= 4 is 36.0 Å². The summed E-state index contributed by atoms with van der Waals surface area (Å²) >= 11 is 0. The van der Waals surface area contributed by atoms with Crippen LogP contribution in [0.15, 0.2) is 24.3 Å². The molecule has 0 aromatic heterocycles. The van der Waals surface area contributed by atoms with Gasteiger partial charge in [0.2, 0.25) is 0 Å². The Hall–Kier alpha value is -4.02. The van der Waals surface area contributed by atoms with Crippen LogP contribution in [0.1, 0.15) is 299 Å². The summed E-state index contributed by atoms with van der Waals surface area (Å²) < 4.78 is 52.6. The van der Waals surface area contributed by atoms with Gasteiger partial charge in [-0.05, 0) is 123 Å². The first-order valence-corrected chi connectivity index (χ1v) is 35.6. The minimum atomic E-state index is -1.47. The first-order chi connectivity index (χ1) is 42.8. The first kappa shape index (κ1) is 84.0. The first-order valence-electron chi connectivity index (χ1n) is 35.6. The van der Waals surface area contributed by atoms with Crippen LogP contribution in [0, 0.1) is 17.3 Å². The van der Waals surface area contributed by atoms with Crippen LogP contribution in [0.5, 0.6) is 0 Å². The number of hydrogen-bond donors (Lipinski definition) is 0. The zero-order chi connectivity index (χ0) is 64.8. The van der Waals surface area contributed by atoms with Gasteiger partial charge in [0.1, 0.15) is 31.8 Å². The number of carbonyl (C=O) groups excluding carboxylic acids is 6. The molecule has 0 rings (SSSR count). The summed E-state index contributed by atoms with van der Waals surface area (Å²) in [6, 6.07) is 0. The lowest BCUT2D eigenvalue weighted by molar-refractivity contribution is -0.170. The monoisotopic (exact) mass is 1250 g/mol. The highest BCUT2D eigenvalue weighted by molar-refractivity contribution is 5.73. The number of unbranched alkanes of at least 4 members (excludes halogenated alkanes) is 20. The van der Waals surface area contributed by atoms with Gasteiger partial charge in [-0.15, -0.1) is 0 Å². The standard InChI is InChI=1S/C72H131NO15/c1-9-16-22-26-32-40-54-80-68(81-55-41-33-27-23-17-10-2)52-51-67(76)87-61-72(62-88-71(79)84-58-44-53-73(8)15-7,59-85-65(74)49-38-30-28-34-42-56-82-69(77)63(45-20-13-5)47-36-24-18-11-3)60-86-66(75)50-39-31-29-35-43-57-83-70(78)64(46-21-14-6)48-37-25-19-12-4/h16-17,22-23,63-64,68H,9-15,18-21,24-62H2,1-8H3/b22-16-,23-17-. The van der Waals surface area contributed by atoms with Crippen molar-refractivity contribution in [1.29, 1.82) is 0 Å². The molecule has 0 bridgehead atoms. The highest BCUT2D eigenvalue weighted by atomic mass is 16.7. The number of carbonyl (C=O) groups is 6. The molecular weight excluding hydrogens is 1120 g/mol. The van der Waals surface area contributed by atoms with Crippen molar-refractivity contribution in [2.75, 3.05) is 79.6 Å². The largest absolute Gasteiger partial charge is 0.508 e. The summed E-state index contributed by atoms with van der Waals surface area (Å²) in [7, 11) is 1.98. The molecule has 88 heavy (non-hydrogen) atoms. The zero-order valence-electron chi connectivity index (χ0n) is 57.5. The van der Waals surface area contributed by atoms with Crippen molar-refractivity contribution in [2.45, 2.75) is 305 Å². The highest BCUT2D eigenvalue weighted by Crippen LogP contribution is 2.25. The van der Waals surface area contributed by atoms with E-state index in [1.807, 2.05) is 14.0 Å². The van der Waals surface area contributed by atoms with Crippen LogP contribution in [0.4, 0.5) is 4.79 Å². The van der Waals surface area contributed by atoms with Gasteiger partial charge in [-0.3, -0.25) is 24.0 Å². The van der Waals surface area contributed by atoms with E-state index in [1.165, 1.54) is 12.8 Å². The molecule has 2 atom stereocenters. The van der Waals surface area contributed by atoms with E-state index in [0.717, 1.165) is 199 Å². The Morgan fingerprint density at radius 2 is 0.750 bits per heavy atom. The van der Waals surface area contributed by atoms with Gasteiger partial charge < -0.3 is 47.5 Å². The number of ether oxygens (including phenoxy) is 9. The summed E-state index contributed by atoms with van der Waals surface area (Å²) in [6.07, 6.45) is 39.9. The predicted molar refractivity (Wildman–Crippen MR) is 353 cm³/mol. The fourth-order valence-electron chi connectivity index (χ4n) is 9.93. The second-order valence-electron chi connectivity index (χ2n) is 24.3. The van der Waals surface area contributed by atoms with Crippen molar-refractivity contribution in [2.24, 2.45) is 17.3 Å². The van der Waals surface area contributed by atoms with Crippen LogP contribution in [0.25, 0.3) is 0 Å². The van der Waals surface area contributed by atoms with E-state index in [4.69, 9.17) is 42.6 Å². The fourth-order valence-corrected chi connectivity index (χ4v) is 9.93. The third kappa shape index (κ3) is 51.7. The Morgan fingerprint density at radius 3 is 1.19 bits per heavy atom. The molecule has 0 saturated heterocycles. The lowest BCUT2D eigenvalue weighted by Gasteiger charge is -2.31. The molecule has 514 valence electrons. The molecule has 0 aromatic carbocycles. The molecule has 0 aliphatic carbocycles. The van der Waals surface area contributed by atoms with E-state index in [2.05, 4.69) is 70.7 Å². The molecule has 0 N–H and O–H groups in total. The Kier molecular flexibility index (Phi) is 59.0. The van der Waals surface area contributed by atoms with Crippen molar-refractivity contribution < 1.29 is 71.4 Å². The lowest BCUT2D eigenvalue weighted by Crippen LogP contribution is -2.44. The summed E-state index contributed by atoms with van der Waals surface area (Å²) in [4.78, 5) is 81.8. The second kappa shape index (κ2) is 61.8. The Morgan fingerprint density at radius 1 is 0.364 bits per heavy atom. The minimum absolute atomic E-state index is 0.0342. The van der Waals surface area contributed by atoms with Crippen molar-refractivity contribution in [3.8, 4) is 0 Å². The Labute approximate surface area is 536 Å². The number of hydrogen-bond acceptors (Lipinski definition) is 16. The van der Waals surface area contributed by atoms with E-state index >= 15 is 0 Å². The predicted octanol–water partition coefficient (Wildman–Crippen LogP) is 17.8. The van der Waals surface area contributed by atoms with Gasteiger partial charge in [-0.1, -0.05) is 188 Å². The molecule has 0 aromatic rings. The van der Waals surface area contributed by atoms with Crippen molar-refractivity contribution in [3.05, 3.63) is 24.3 Å². The SMILES string of the molecule is CC/C=C\CCCCOC(CCC(=O)OCC(COC(=O)CCCCCCCOC(=O)C(CCCC)CCCCCC)(COC(=O)CCCCCCCOC(=O)C(CCCC)CCCCCC)COC(=O)OCCCN(C)CC)OCCCC/C=C\CC. The van der Waals surface area contributed by atoms with Crippen LogP contribution in [0.2, 0.25) is 0 Å². The van der Waals surface area contributed by atoms with Gasteiger partial charge >= 0.3 is 36.0 Å². The molecule has 0 heterocycles. The fraction of sp³-hybridized carbons (Fsp3) is 0.861. The van der Waals surface area contributed by atoms with Gasteiger partial charge in [0.25, 0.3) is 0 Å². The molecule has 0 fully saturated rings. The van der Waals surface area contributed by atoms with E-state index in [-0.39, 0.29) is 69.3 Å². The molecule has 16 heteroatoms. The summed E-state index contributed by atoms with van der Waals surface area (Å²) in [6.45, 7) is 16.7. The minimum Gasteiger partial charge on any atom is -0.465 e. The van der Waals surface area contributed by atoms with Gasteiger partial charge in [0.15, 0.2) is 6.29 Å². The Bertz CT molecular complexity index is 1650. The number of nitrogens with zero attached hydrogens (tertiary/aromatic N) is 1. The number of rotatable bonds is 64. The van der Waals surface area contributed by atoms with E-state index in [1.54, 1.807) is 0 Å². The maximum Gasteiger partial charge on any atom is 0.508 e. The second-order valence-corrected chi connectivity index (χ2v) is 24.3. The molecule has 0 radical (unpaired) electrons. The van der Waals surface area contributed by atoms with Gasteiger partial charge in [0.05, 0.1) is 38.1 Å². The van der Waals surface area contributed by atoms with Crippen LogP contribution < -0.4 is 0 Å². The molecular formula is C72H131NO15. The smallest absolute Gasteiger partial charge is 0.465 e. The van der Waals surface area contributed by atoms with Crippen LogP contribution in [-0.2, 0) is 66.6 Å². The molecule has 0 amide bonds. The average Bonchev–Trinajstić information content (AvgIpc) is 3.67. The Balaban J connectivity index is 6.08. The van der Waals surface area contributed by atoms with Crippen LogP contribution in [0.3, 0.4) is 0 Å².